The van der Waals surface area contributed by atoms with Gasteiger partial charge in [0.1, 0.15) is 10.7 Å². The number of aromatic nitrogens is 4. The van der Waals surface area contributed by atoms with E-state index in [0.717, 1.165) is 48.6 Å². The van der Waals surface area contributed by atoms with E-state index in [1.807, 2.05) is 25.1 Å². The Labute approximate surface area is 187 Å². The Kier molecular flexibility index (Phi) is 6.61. The number of anilines is 1. The third-order valence-corrected chi connectivity index (χ3v) is 6.91. The van der Waals surface area contributed by atoms with Crippen LogP contribution in [0.5, 0.6) is 0 Å². The van der Waals surface area contributed by atoms with E-state index in [2.05, 4.69) is 29.8 Å². The van der Waals surface area contributed by atoms with E-state index in [4.69, 9.17) is 0 Å². The zero-order valence-corrected chi connectivity index (χ0v) is 18.7. The van der Waals surface area contributed by atoms with Crippen molar-refractivity contribution in [3.05, 3.63) is 54.1 Å². The number of carbonyl (C=O) groups excluding carboxylic acids is 1. The summed E-state index contributed by atoms with van der Waals surface area (Å²) in [5.74, 6) is 1.53. The molecule has 0 unspecified atom stereocenters. The number of amides is 1. The van der Waals surface area contributed by atoms with E-state index in [0.29, 0.717) is 5.69 Å². The van der Waals surface area contributed by atoms with Crippen molar-refractivity contribution in [3.63, 3.8) is 0 Å². The molecule has 3 heterocycles. The van der Waals surface area contributed by atoms with Crippen LogP contribution in [-0.4, -0.2) is 40.6 Å². The molecule has 1 aromatic carbocycles. The lowest BCUT2D eigenvalue weighted by Crippen LogP contribution is -2.28. The summed E-state index contributed by atoms with van der Waals surface area (Å²) in [7, 11) is -3.70. The maximum absolute atomic E-state index is 12.5. The zero-order chi connectivity index (χ0) is 22.6. The Morgan fingerprint density at radius 1 is 1.16 bits per heavy atom. The van der Waals surface area contributed by atoms with Crippen molar-refractivity contribution in [2.24, 2.45) is 0 Å². The first-order valence-electron chi connectivity index (χ1n) is 10.7. The van der Waals surface area contributed by atoms with Crippen LogP contribution in [-0.2, 0) is 27.8 Å². The summed E-state index contributed by atoms with van der Waals surface area (Å²) in [5.41, 5.74) is 2.48. The Hall–Kier alpha value is -3.11. The fraction of sp³-hybridized carbons (Fsp3) is 0.364. The van der Waals surface area contributed by atoms with E-state index >= 15 is 0 Å². The van der Waals surface area contributed by atoms with Crippen molar-refractivity contribution in [1.29, 1.82) is 0 Å². The number of hydrogen-bond acceptors (Lipinski definition) is 6. The van der Waals surface area contributed by atoms with Gasteiger partial charge in [-0.1, -0.05) is 18.6 Å². The summed E-state index contributed by atoms with van der Waals surface area (Å²) in [4.78, 5) is 16.3. The lowest BCUT2D eigenvalue weighted by atomic mass is 10.1. The van der Waals surface area contributed by atoms with Crippen molar-refractivity contribution in [3.8, 4) is 11.4 Å². The minimum Gasteiger partial charge on any atom is -0.326 e. The van der Waals surface area contributed by atoms with Gasteiger partial charge >= 0.3 is 0 Å². The second-order valence-corrected chi connectivity index (χ2v) is 9.58. The molecule has 1 aliphatic heterocycles. The molecule has 0 saturated carbocycles. The number of hydrogen-bond donors (Lipinski definition) is 2. The maximum Gasteiger partial charge on any atom is 0.242 e. The molecule has 4 rings (SSSR count). The van der Waals surface area contributed by atoms with Gasteiger partial charge in [0, 0.05) is 49.6 Å². The van der Waals surface area contributed by atoms with Gasteiger partial charge in [-0.05, 0) is 43.5 Å². The highest BCUT2D eigenvalue weighted by atomic mass is 32.2. The number of nitrogens with zero attached hydrogens (tertiary/aromatic N) is 4. The van der Waals surface area contributed by atoms with Crippen LogP contribution in [0, 0.1) is 6.92 Å². The third-order valence-electron chi connectivity index (χ3n) is 5.47. The SMILES string of the molecule is Cc1ccc(-c2nnc3n2CCCCC3)cc1NC(=O)CCNS(=O)(=O)c1cccnc1. The molecular weight excluding hydrogens is 428 g/mol. The second kappa shape index (κ2) is 9.58. The van der Waals surface area contributed by atoms with Gasteiger partial charge in [-0.3, -0.25) is 9.78 Å². The van der Waals surface area contributed by atoms with Crippen LogP contribution in [0.15, 0.2) is 47.6 Å². The zero-order valence-electron chi connectivity index (χ0n) is 17.9. The standard InChI is InChI=1S/C22H26N6O3S/c1-16-8-9-17(22-27-26-20-7-3-2-4-13-28(20)22)14-19(16)25-21(29)10-12-24-32(30,31)18-6-5-11-23-15-18/h5-6,8-9,11,14-15,24H,2-4,7,10,12-13H2,1H3,(H,25,29). The molecule has 10 heteroatoms. The van der Waals surface area contributed by atoms with E-state index in [-0.39, 0.29) is 23.8 Å². The predicted molar refractivity (Wildman–Crippen MR) is 120 cm³/mol. The molecule has 3 aromatic rings. The molecule has 1 amide bonds. The van der Waals surface area contributed by atoms with E-state index in [9.17, 15) is 13.2 Å². The minimum atomic E-state index is -3.70. The normalized spacial score (nSPS) is 13.9. The Balaban J connectivity index is 1.41. The predicted octanol–water partition coefficient (Wildman–Crippen LogP) is 2.68. The number of fused-ring (bicyclic) bond motifs is 1. The van der Waals surface area contributed by atoms with Gasteiger partial charge < -0.3 is 9.88 Å². The number of aryl methyl sites for hydroxylation is 2. The number of benzene rings is 1. The Morgan fingerprint density at radius 2 is 2.03 bits per heavy atom. The van der Waals surface area contributed by atoms with E-state index in [1.165, 1.54) is 24.9 Å². The highest BCUT2D eigenvalue weighted by Crippen LogP contribution is 2.27. The number of nitrogens with one attached hydrogen (secondary N) is 2. The molecule has 0 saturated heterocycles. The van der Waals surface area contributed by atoms with Gasteiger partial charge in [0.25, 0.3) is 0 Å². The molecule has 0 spiro atoms. The number of sulfonamides is 1. The highest BCUT2D eigenvalue weighted by Gasteiger charge is 2.18. The first-order valence-corrected chi connectivity index (χ1v) is 12.1. The van der Waals surface area contributed by atoms with Crippen LogP contribution in [0.25, 0.3) is 11.4 Å². The van der Waals surface area contributed by atoms with Gasteiger partial charge in [-0.15, -0.1) is 10.2 Å². The maximum atomic E-state index is 12.5. The molecule has 2 aromatic heterocycles. The smallest absolute Gasteiger partial charge is 0.242 e. The topological polar surface area (TPSA) is 119 Å². The van der Waals surface area contributed by atoms with Gasteiger partial charge in [0.2, 0.25) is 15.9 Å². The summed E-state index contributed by atoms with van der Waals surface area (Å²) < 4.78 is 29.1. The first-order chi connectivity index (χ1) is 15.4. The van der Waals surface area contributed by atoms with Crippen LogP contribution in [0.2, 0.25) is 0 Å². The second-order valence-electron chi connectivity index (χ2n) is 7.82. The molecule has 0 bridgehead atoms. The first kappa shape index (κ1) is 22.1. The molecule has 168 valence electrons. The van der Waals surface area contributed by atoms with Crippen LogP contribution >= 0.6 is 0 Å². The van der Waals surface area contributed by atoms with Crippen molar-refractivity contribution in [1.82, 2.24) is 24.5 Å². The Bertz CT molecular complexity index is 1210. The number of pyridine rings is 1. The summed E-state index contributed by atoms with van der Waals surface area (Å²) in [6, 6.07) is 8.82. The minimum absolute atomic E-state index is 0.00346. The van der Waals surface area contributed by atoms with Crippen molar-refractivity contribution >= 4 is 21.6 Å². The fourth-order valence-corrected chi connectivity index (χ4v) is 4.69. The van der Waals surface area contributed by atoms with Gasteiger partial charge in [-0.2, -0.15) is 0 Å². The summed E-state index contributed by atoms with van der Waals surface area (Å²) in [6.07, 6.45) is 7.10. The van der Waals surface area contributed by atoms with Crippen molar-refractivity contribution < 1.29 is 13.2 Å². The molecule has 0 fully saturated rings. The highest BCUT2D eigenvalue weighted by molar-refractivity contribution is 7.89. The summed E-state index contributed by atoms with van der Waals surface area (Å²) in [6.45, 7) is 2.79. The molecule has 2 N–H and O–H groups in total. The van der Waals surface area contributed by atoms with E-state index in [1.54, 1.807) is 6.07 Å². The van der Waals surface area contributed by atoms with Crippen LogP contribution in [0.4, 0.5) is 5.69 Å². The van der Waals surface area contributed by atoms with Crippen LogP contribution in [0.1, 0.15) is 37.1 Å². The molecule has 0 radical (unpaired) electrons. The lowest BCUT2D eigenvalue weighted by molar-refractivity contribution is -0.116. The molecular formula is C22H26N6O3S. The molecule has 32 heavy (non-hydrogen) atoms. The number of carbonyl (C=O) groups is 1. The van der Waals surface area contributed by atoms with Crippen molar-refractivity contribution in [2.75, 3.05) is 11.9 Å². The molecule has 1 aliphatic rings. The average molecular weight is 455 g/mol. The summed E-state index contributed by atoms with van der Waals surface area (Å²) >= 11 is 0. The lowest BCUT2D eigenvalue weighted by Gasteiger charge is -2.12. The third kappa shape index (κ3) is 5.03. The summed E-state index contributed by atoms with van der Waals surface area (Å²) in [5, 5.41) is 11.6. The largest absolute Gasteiger partial charge is 0.326 e. The van der Waals surface area contributed by atoms with Crippen LogP contribution < -0.4 is 10.0 Å². The molecule has 0 atom stereocenters. The van der Waals surface area contributed by atoms with Gasteiger partial charge in [-0.25, -0.2) is 13.1 Å². The number of rotatable bonds is 7. The fourth-order valence-electron chi connectivity index (χ4n) is 3.70. The van der Waals surface area contributed by atoms with Gasteiger partial charge in [0.15, 0.2) is 5.82 Å². The Morgan fingerprint density at radius 3 is 2.84 bits per heavy atom. The van der Waals surface area contributed by atoms with Crippen molar-refractivity contribution in [2.45, 2.75) is 50.5 Å². The van der Waals surface area contributed by atoms with E-state index < -0.39 is 10.0 Å². The quantitative estimate of drug-likeness (QED) is 0.567. The molecule has 9 nitrogen and oxygen atoms in total. The van der Waals surface area contributed by atoms with Crippen LogP contribution in [0.3, 0.4) is 0 Å². The molecule has 0 aliphatic carbocycles. The monoisotopic (exact) mass is 454 g/mol. The van der Waals surface area contributed by atoms with Gasteiger partial charge in [0.05, 0.1) is 0 Å². The average Bonchev–Trinajstić information content (AvgIpc) is 3.04.